The topological polar surface area (TPSA) is 0 Å². The van der Waals surface area contributed by atoms with E-state index in [0.29, 0.717) is 10.3 Å². The number of rotatable bonds is 1. The van der Waals surface area contributed by atoms with Crippen molar-refractivity contribution >= 4 is 16.5 Å². The molecule has 0 aliphatic heterocycles. The van der Waals surface area contributed by atoms with Crippen molar-refractivity contribution in [3.8, 4) is 0 Å². The van der Waals surface area contributed by atoms with Crippen molar-refractivity contribution in [2.45, 2.75) is 13.7 Å². The van der Waals surface area contributed by atoms with Crippen molar-refractivity contribution < 1.29 is 0 Å². The summed E-state index contributed by atoms with van der Waals surface area (Å²) in [5.74, 6) is 1.30. The van der Waals surface area contributed by atoms with Gasteiger partial charge in [0.25, 0.3) is 0 Å². The fourth-order valence-electron chi connectivity index (χ4n) is 0.167. The molecule has 0 saturated heterocycles. The van der Waals surface area contributed by atoms with E-state index in [1.807, 2.05) is 0 Å². The first-order valence-electron chi connectivity index (χ1n) is 2.22. The molecule has 0 heterocycles. The standard InChI is InChI=1S/C4H11BS/c1-4-6(3)5-2/h4H2,1-3H3. The minimum atomic E-state index is 0.591. The van der Waals surface area contributed by atoms with Crippen LogP contribution < -0.4 is 0 Å². The Bertz CT molecular complexity index is 58.6. The molecular formula is C4H11BS. The van der Waals surface area contributed by atoms with Crippen LogP contribution in [-0.2, 0) is 0 Å². The average Bonchev–Trinajstić information content (AvgIpc) is 1.65. The van der Waals surface area contributed by atoms with E-state index in [9.17, 15) is 0 Å². The van der Waals surface area contributed by atoms with Gasteiger partial charge >= 0.3 is 42.2 Å². The number of hydrogen-bond acceptors (Lipinski definition) is 0. The van der Waals surface area contributed by atoms with Crippen LogP contribution in [0.2, 0.25) is 6.82 Å². The average molecular weight is 102 g/mol. The number of hydrogen-bond donors (Lipinski definition) is 0. The summed E-state index contributed by atoms with van der Waals surface area (Å²) in [6, 6.07) is 0. The molecular weight excluding hydrogens is 90.9 g/mol. The Morgan fingerprint density at radius 2 is 2.17 bits per heavy atom. The molecule has 0 aromatic heterocycles. The Labute approximate surface area is 43.0 Å². The normalized spacial score (nSPS) is 13.8. The molecule has 1 unspecified atom stereocenters. The van der Waals surface area contributed by atoms with Gasteiger partial charge in [-0.3, -0.25) is 0 Å². The van der Waals surface area contributed by atoms with Gasteiger partial charge in [-0.2, -0.15) is 0 Å². The van der Waals surface area contributed by atoms with Gasteiger partial charge in [0.2, 0.25) is 0 Å². The Kier molecular flexibility index (Phi) is 3.85. The van der Waals surface area contributed by atoms with Crippen LogP contribution in [0.1, 0.15) is 6.92 Å². The van der Waals surface area contributed by atoms with Gasteiger partial charge in [-0.25, -0.2) is 0 Å². The first kappa shape index (κ1) is 6.41. The van der Waals surface area contributed by atoms with Gasteiger partial charge in [-0.05, 0) is 0 Å². The van der Waals surface area contributed by atoms with Crippen molar-refractivity contribution in [3.05, 3.63) is 0 Å². The summed E-state index contributed by atoms with van der Waals surface area (Å²) < 4.78 is 0. The molecule has 0 aromatic carbocycles. The molecule has 0 aliphatic carbocycles. The quantitative estimate of drug-likeness (QED) is 0.441. The molecule has 0 aliphatic rings. The molecule has 0 nitrogen and oxygen atoms in total. The molecule has 0 fully saturated rings. The fourth-order valence-corrected chi connectivity index (χ4v) is 0.500. The maximum atomic E-state index is 2.25. The van der Waals surface area contributed by atoms with Crippen LogP contribution >= 0.6 is 10.3 Å². The Morgan fingerprint density at radius 3 is 2.17 bits per heavy atom. The van der Waals surface area contributed by atoms with Gasteiger partial charge < -0.3 is 0 Å². The SMILES string of the molecule is CB=S(C)CC. The van der Waals surface area contributed by atoms with E-state index in [1.54, 1.807) is 0 Å². The van der Waals surface area contributed by atoms with Gasteiger partial charge in [-0.1, -0.05) is 0 Å². The predicted octanol–water partition coefficient (Wildman–Crippen LogP) is 1.57. The third-order valence-electron chi connectivity index (χ3n) is 0.858. The van der Waals surface area contributed by atoms with Crippen molar-refractivity contribution in [2.24, 2.45) is 0 Å². The second-order valence-electron chi connectivity index (χ2n) is 1.22. The fraction of sp³-hybridized carbons (Fsp3) is 1.00. The van der Waals surface area contributed by atoms with Crippen molar-refractivity contribution in [1.29, 1.82) is 0 Å². The molecule has 0 bridgehead atoms. The second kappa shape index (κ2) is 3.60. The van der Waals surface area contributed by atoms with E-state index >= 15 is 0 Å². The maximum absolute atomic E-state index is 2.25. The molecule has 2 heteroatoms. The monoisotopic (exact) mass is 102 g/mol. The van der Waals surface area contributed by atoms with E-state index in [4.69, 9.17) is 0 Å². The van der Waals surface area contributed by atoms with E-state index in [1.165, 1.54) is 5.75 Å². The van der Waals surface area contributed by atoms with Crippen LogP contribution in [0.4, 0.5) is 0 Å². The summed E-state index contributed by atoms with van der Waals surface area (Å²) in [7, 11) is 0.591. The second-order valence-corrected chi connectivity index (χ2v) is 3.65. The molecule has 0 aromatic rings. The first-order valence-corrected chi connectivity index (χ1v) is 4.08. The van der Waals surface area contributed by atoms with Crippen LogP contribution in [0.15, 0.2) is 0 Å². The zero-order chi connectivity index (χ0) is 4.99. The van der Waals surface area contributed by atoms with Crippen LogP contribution in [0, 0.1) is 0 Å². The molecule has 1 atom stereocenters. The molecule has 0 radical (unpaired) electrons. The third kappa shape index (κ3) is 2.64. The zero-order valence-corrected chi connectivity index (χ0v) is 5.51. The first-order chi connectivity index (χ1) is 2.81. The molecule has 0 rings (SSSR count). The van der Waals surface area contributed by atoms with Gasteiger partial charge in [0, 0.05) is 0 Å². The third-order valence-corrected chi connectivity index (χ3v) is 2.57. The van der Waals surface area contributed by atoms with E-state index in [-0.39, 0.29) is 0 Å². The van der Waals surface area contributed by atoms with Crippen LogP contribution in [0.5, 0.6) is 0 Å². The molecule has 6 heavy (non-hydrogen) atoms. The summed E-state index contributed by atoms with van der Waals surface area (Å²) in [5.41, 5.74) is 0. The Balaban J connectivity index is 3.22. The van der Waals surface area contributed by atoms with Crippen LogP contribution in [-0.4, -0.2) is 18.2 Å². The van der Waals surface area contributed by atoms with Crippen molar-refractivity contribution in [3.63, 3.8) is 0 Å². The van der Waals surface area contributed by atoms with Crippen LogP contribution in [0.25, 0.3) is 0 Å². The van der Waals surface area contributed by atoms with Gasteiger partial charge in [-0.15, -0.1) is 0 Å². The molecule has 0 spiro atoms. The van der Waals surface area contributed by atoms with E-state index < -0.39 is 0 Å². The molecule has 36 valence electrons. The van der Waals surface area contributed by atoms with Crippen molar-refractivity contribution in [1.82, 2.24) is 0 Å². The zero-order valence-electron chi connectivity index (χ0n) is 4.69. The van der Waals surface area contributed by atoms with Gasteiger partial charge in [0.15, 0.2) is 0 Å². The molecule has 0 saturated carbocycles. The Hall–Kier alpha value is 0.415. The van der Waals surface area contributed by atoms with Crippen molar-refractivity contribution in [2.75, 3.05) is 12.0 Å². The Morgan fingerprint density at radius 1 is 1.67 bits per heavy atom. The molecule has 0 amide bonds. The van der Waals surface area contributed by atoms with Gasteiger partial charge in [0.1, 0.15) is 0 Å². The predicted molar refractivity (Wildman–Crippen MR) is 35.7 cm³/mol. The molecule has 0 N–H and O–H groups in total. The van der Waals surface area contributed by atoms with E-state index in [2.05, 4.69) is 26.2 Å². The summed E-state index contributed by atoms with van der Waals surface area (Å²) in [6.07, 6.45) is 4.50. The van der Waals surface area contributed by atoms with E-state index in [0.717, 1.165) is 0 Å². The summed E-state index contributed by atoms with van der Waals surface area (Å²) in [4.78, 5) is 0. The summed E-state index contributed by atoms with van der Waals surface area (Å²) in [6.45, 7) is 4.33. The minimum absolute atomic E-state index is 0.591. The summed E-state index contributed by atoms with van der Waals surface area (Å²) >= 11 is 0. The summed E-state index contributed by atoms with van der Waals surface area (Å²) in [5, 5.41) is 0. The van der Waals surface area contributed by atoms with Gasteiger partial charge in [0.05, 0.1) is 0 Å². The van der Waals surface area contributed by atoms with Crippen LogP contribution in [0.3, 0.4) is 0 Å².